The molecule has 1 fully saturated rings. The number of ether oxygens (including phenoxy) is 2. The number of ketones is 1. The number of unbranched alkanes of at least 4 members (excludes halogenated alkanes) is 1. The second kappa shape index (κ2) is 15.3. The van der Waals surface area contributed by atoms with Crippen molar-refractivity contribution in [1.29, 1.82) is 0 Å². The number of likely N-dealkylation sites (tertiary alicyclic amines) is 1. The lowest BCUT2D eigenvalue weighted by Gasteiger charge is -2.20. The summed E-state index contributed by atoms with van der Waals surface area (Å²) in [4.78, 5) is 15.9. The molecule has 1 atom stereocenters. The maximum Gasteiger partial charge on any atom is 0.169 e. The van der Waals surface area contributed by atoms with Crippen LogP contribution in [0.4, 0.5) is 0 Å². The molecular weight excluding hydrogens is 544 g/mol. The molecule has 0 spiro atoms. The van der Waals surface area contributed by atoms with Crippen LogP contribution in [0.2, 0.25) is 5.02 Å². The lowest BCUT2D eigenvalue weighted by atomic mass is 9.94. The van der Waals surface area contributed by atoms with E-state index in [4.69, 9.17) is 21.1 Å². The minimum absolute atomic E-state index is 0.153. The minimum atomic E-state index is 0.153. The monoisotopic (exact) mass is 586 g/mol. The summed E-state index contributed by atoms with van der Waals surface area (Å²) in [6, 6.07) is 23.7. The summed E-state index contributed by atoms with van der Waals surface area (Å²) < 4.78 is 14.2. The molecule has 0 amide bonds. The Morgan fingerprint density at radius 1 is 0.905 bits per heavy atom. The topological polar surface area (TPSA) is 43.7 Å². The number of hydrogen-bond acceptors (Lipinski definition) is 4. The van der Waals surface area contributed by atoms with E-state index >= 15 is 0 Å². The van der Waals surface area contributed by atoms with Crippen molar-refractivity contribution in [3.63, 3.8) is 0 Å². The Hall–Kier alpha value is -3.28. The van der Waals surface area contributed by atoms with Gasteiger partial charge in [-0.25, -0.2) is 0 Å². The van der Waals surface area contributed by atoms with Gasteiger partial charge in [-0.2, -0.15) is 0 Å². The summed E-state index contributed by atoms with van der Waals surface area (Å²) >= 11 is 5.97. The summed E-state index contributed by atoms with van der Waals surface area (Å²) in [7, 11) is 0. The van der Waals surface area contributed by atoms with Gasteiger partial charge >= 0.3 is 0 Å². The van der Waals surface area contributed by atoms with Gasteiger partial charge in [0.05, 0.1) is 12.1 Å². The molecule has 1 aliphatic heterocycles. The van der Waals surface area contributed by atoms with E-state index in [1.807, 2.05) is 73.7 Å². The van der Waals surface area contributed by atoms with Crippen molar-refractivity contribution < 1.29 is 14.3 Å². The molecule has 0 aliphatic carbocycles. The van der Waals surface area contributed by atoms with Crippen molar-refractivity contribution in [1.82, 2.24) is 9.47 Å². The van der Waals surface area contributed by atoms with Crippen molar-refractivity contribution in [2.75, 3.05) is 32.8 Å². The molecule has 5 rings (SSSR count). The number of carbonyl (C=O) groups excluding carboxylic acids is 1. The van der Waals surface area contributed by atoms with Crippen LogP contribution in [-0.4, -0.2) is 48.1 Å². The molecule has 5 nitrogen and oxygen atoms in total. The van der Waals surface area contributed by atoms with Crippen LogP contribution in [0.3, 0.4) is 0 Å². The molecule has 1 aromatic heterocycles. The number of para-hydroxylation sites is 1. The molecule has 0 radical (unpaired) electrons. The van der Waals surface area contributed by atoms with Gasteiger partial charge in [-0.15, -0.1) is 0 Å². The number of aromatic nitrogens is 1. The highest BCUT2D eigenvalue weighted by molar-refractivity contribution is 6.30. The number of fused-ring (bicyclic) bond motifs is 1. The first-order chi connectivity index (χ1) is 20.6. The predicted molar refractivity (Wildman–Crippen MR) is 172 cm³/mol. The van der Waals surface area contributed by atoms with Gasteiger partial charge in [0.2, 0.25) is 0 Å². The average molecular weight is 587 g/mol. The highest BCUT2D eigenvalue weighted by Gasteiger charge is 2.20. The van der Waals surface area contributed by atoms with E-state index in [0.29, 0.717) is 19.6 Å². The standard InChI is InChI=1S/C36H43ClN2O3/c1-2-41-35-15-8-14-32-33(34(40)26-29-11-4-3-5-12-29)27-39(36(32)35)22-7-6-10-28-13-9-21-38(23-20-28)24-25-42-31-18-16-30(37)17-19-31/h3-5,8,11-12,14-19,27-28H,2,6-7,9-10,13,20-26H2,1H3/t28-/m0/s1. The smallest absolute Gasteiger partial charge is 0.169 e. The SMILES string of the molecule is CCOc1cccc2c(C(=O)Cc3ccccc3)cn(CCCC[C@H]3CCCN(CCOc4ccc(Cl)cc4)CC3)c12. The van der Waals surface area contributed by atoms with E-state index in [1.54, 1.807) is 0 Å². The third kappa shape index (κ3) is 8.17. The zero-order valence-corrected chi connectivity index (χ0v) is 25.5. The molecule has 0 N–H and O–H groups in total. The van der Waals surface area contributed by atoms with E-state index < -0.39 is 0 Å². The predicted octanol–water partition coefficient (Wildman–Crippen LogP) is 8.47. The molecule has 0 saturated carbocycles. The van der Waals surface area contributed by atoms with Crippen molar-refractivity contribution in [2.45, 2.75) is 58.4 Å². The van der Waals surface area contributed by atoms with E-state index in [2.05, 4.69) is 21.7 Å². The van der Waals surface area contributed by atoms with E-state index in [0.717, 1.165) is 77.1 Å². The fourth-order valence-corrected chi connectivity index (χ4v) is 6.27. The van der Waals surface area contributed by atoms with Crippen molar-refractivity contribution in [3.8, 4) is 11.5 Å². The molecule has 1 aliphatic rings. The molecule has 0 unspecified atom stereocenters. The van der Waals surface area contributed by atoms with Gasteiger partial charge in [-0.05, 0) is 87.5 Å². The van der Waals surface area contributed by atoms with Gasteiger partial charge in [-0.3, -0.25) is 9.69 Å². The maximum absolute atomic E-state index is 13.4. The molecule has 3 aromatic carbocycles. The first kappa shape index (κ1) is 30.2. The summed E-state index contributed by atoms with van der Waals surface area (Å²) in [5.41, 5.74) is 2.88. The summed E-state index contributed by atoms with van der Waals surface area (Å²) in [6.07, 6.45) is 9.80. The first-order valence-electron chi connectivity index (χ1n) is 15.5. The van der Waals surface area contributed by atoms with Crippen LogP contribution in [0, 0.1) is 5.92 Å². The average Bonchev–Trinajstić information content (AvgIpc) is 3.23. The quantitative estimate of drug-likeness (QED) is 0.110. The highest BCUT2D eigenvalue weighted by Crippen LogP contribution is 2.32. The zero-order valence-electron chi connectivity index (χ0n) is 24.8. The third-order valence-electron chi connectivity index (χ3n) is 8.36. The Morgan fingerprint density at radius 2 is 1.74 bits per heavy atom. The Morgan fingerprint density at radius 3 is 2.55 bits per heavy atom. The zero-order chi connectivity index (χ0) is 29.1. The van der Waals surface area contributed by atoms with E-state index in [9.17, 15) is 4.79 Å². The molecular formula is C36H43ClN2O3. The minimum Gasteiger partial charge on any atom is -0.492 e. The van der Waals surface area contributed by atoms with Gasteiger partial charge in [0.15, 0.2) is 5.78 Å². The van der Waals surface area contributed by atoms with Gasteiger partial charge < -0.3 is 14.0 Å². The Balaban J connectivity index is 1.13. The largest absolute Gasteiger partial charge is 0.492 e. The van der Waals surface area contributed by atoms with Gasteiger partial charge in [0, 0.05) is 41.7 Å². The van der Waals surface area contributed by atoms with E-state index in [1.165, 1.54) is 32.1 Å². The lowest BCUT2D eigenvalue weighted by molar-refractivity contribution is 0.0994. The number of carbonyl (C=O) groups is 1. The van der Waals surface area contributed by atoms with Crippen molar-refractivity contribution in [2.24, 2.45) is 5.92 Å². The number of hydrogen-bond donors (Lipinski definition) is 0. The Labute approximate surface area is 255 Å². The first-order valence-corrected chi connectivity index (χ1v) is 15.9. The van der Waals surface area contributed by atoms with Crippen molar-refractivity contribution >= 4 is 28.3 Å². The van der Waals surface area contributed by atoms with Crippen molar-refractivity contribution in [3.05, 3.63) is 95.1 Å². The van der Waals surface area contributed by atoms with Crippen LogP contribution in [0.5, 0.6) is 11.5 Å². The molecule has 1 saturated heterocycles. The summed E-state index contributed by atoms with van der Waals surface area (Å²) in [5.74, 6) is 2.66. The number of halogens is 1. The summed E-state index contributed by atoms with van der Waals surface area (Å²) in [6.45, 7) is 7.45. The molecule has 2 heterocycles. The van der Waals surface area contributed by atoms with Crippen LogP contribution in [-0.2, 0) is 13.0 Å². The number of aryl methyl sites for hydroxylation is 1. The second-order valence-corrected chi connectivity index (χ2v) is 11.8. The van der Waals surface area contributed by atoms with Gasteiger partial charge in [-0.1, -0.05) is 66.9 Å². The third-order valence-corrected chi connectivity index (χ3v) is 8.61. The molecule has 0 bridgehead atoms. The Kier molecular flexibility index (Phi) is 11.0. The number of benzene rings is 3. The fourth-order valence-electron chi connectivity index (χ4n) is 6.15. The number of nitrogens with zero attached hydrogens (tertiary/aromatic N) is 2. The highest BCUT2D eigenvalue weighted by atomic mass is 35.5. The molecule has 222 valence electrons. The molecule has 42 heavy (non-hydrogen) atoms. The van der Waals surface area contributed by atoms with Gasteiger partial charge in [0.25, 0.3) is 0 Å². The summed E-state index contributed by atoms with van der Waals surface area (Å²) in [5, 5.41) is 1.72. The Bertz CT molecular complexity index is 1420. The van der Waals surface area contributed by atoms with E-state index in [-0.39, 0.29) is 5.78 Å². The van der Waals surface area contributed by atoms with Crippen LogP contribution in [0.1, 0.15) is 61.4 Å². The van der Waals surface area contributed by atoms with Crippen LogP contribution in [0.25, 0.3) is 10.9 Å². The molecule has 4 aromatic rings. The van der Waals surface area contributed by atoms with Crippen LogP contribution >= 0.6 is 11.6 Å². The molecule has 6 heteroatoms. The normalized spacial score (nSPS) is 15.9. The second-order valence-electron chi connectivity index (χ2n) is 11.3. The lowest BCUT2D eigenvalue weighted by Crippen LogP contribution is -2.29. The van der Waals surface area contributed by atoms with Gasteiger partial charge in [0.1, 0.15) is 18.1 Å². The number of Topliss-reactive ketones (excluding diaryl/α,β-unsaturated/α-hetero) is 1. The van der Waals surface area contributed by atoms with Crippen LogP contribution < -0.4 is 9.47 Å². The maximum atomic E-state index is 13.4. The number of rotatable bonds is 14. The van der Waals surface area contributed by atoms with Crippen LogP contribution in [0.15, 0.2) is 79.0 Å². The fraction of sp³-hybridized carbons (Fsp3) is 0.417.